The molecular formula is C15H19ClFN4O13P3. The van der Waals surface area contributed by atoms with Crippen LogP contribution in [-0.2, 0) is 31.6 Å². The highest BCUT2D eigenvalue weighted by Gasteiger charge is 2.60. The number of nitrogens with two attached hydrogens (primary N) is 1. The number of nitrogen functional groups attached to an aromatic ring is 1. The van der Waals surface area contributed by atoms with Gasteiger partial charge < -0.3 is 39.7 Å². The van der Waals surface area contributed by atoms with Crippen molar-refractivity contribution in [2.45, 2.75) is 31.0 Å². The Bertz CT molecular complexity index is 1450. The van der Waals surface area contributed by atoms with Crippen molar-refractivity contribution in [3.63, 3.8) is 0 Å². The normalized spacial score (nSPS) is 28.3. The number of hydrogen-bond acceptors (Lipinski definition) is 11. The van der Waals surface area contributed by atoms with E-state index in [9.17, 15) is 33.4 Å². The van der Waals surface area contributed by atoms with Crippen LogP contribution in [0.1, 0.15) is 13.2 Å². The molecule has 206 valence electrons. The predicted molar refractivity (Wildman–Crippen MR) is 121 cm³/mol. The second kappa shape index (κ2) is 10.5. The zero-order valence-corrected chi connectivity index (χ0v) is 21.7. The maximum Gasteiger partial charge on any atom is 0.490 e. The summed E-state index contributed by atoms with van der Waals surface area (Å²) in [6, 6.07) is 1.26. The lowest BCUT2D eigenvalue weighted by Crippen LogP contribution is -2.42. The molecule has 3 rings (SSSR count). The van der Waals surface area contributed by atoms with Crippen LogP contribution in [-0.4, -0.2) is 63.7 Å². The Morgan fingerprint density at radius 2 is 1.97 bits per heavy atom. The zero-order chi connectivity index (χ0) is 28.0. The monoisotopic (exact) mass is 610 g/mol. The highest BCUT2D eigenvalue weighted by Crippen LogP contribution is 2.67. The van der Waals surface area contributed by atoms with Crippen LogP contribution >= 0.6 is 35.1 Å². The van der Waals surface area contributed by atoms with Gasteiger partial charge in [0.15, 0.2) is 11.9 Å². The Balaban J connectivity index is 1.97. The fourth-order valence-corrected chi connectivity index (χ4v) is 7.10. The van der Waals surface area contributed by atoms with Crippen molar-refractivity contribution < 1.29 is 60.6 Å². The molecule has 1 aliphatic rings. The molecule has 0 amide bonds. The van der Waals surface area contributed by atoms with E-state index in [2.05, 4.69) is 24.5 Å². The van der Waals surface area contributed by atoms with E-state index < -0.39 is 65.7 Å². The quantitative estimate of drug-likeness (QED) is 0.150. The number of aliphatic hydroxyl groups is 1. The molecule has 1 saturated heterocycles. The van der Waals surface area contributed by atoms with Crippen molar-refractivity contribution >= 4 is 52.1 Å². The lowest BCUT2D eigenvalue weighted by Gasteiger charge is -2.27. The number of ether oxygens (including phenoxy) is 1. The number of phosphoric acid groups is 3. The first-order valence-electron chi connectivity index (χ1n) is 9.69. The molecule has 0 spiro atoms. The first-order valence-corrected chi connectivity index (χ1v) is 14.6. The van der Waals surface area contributed by atoms with Gasteiger partial charge in [-0.1, -0.05) is 0 Å². The Morgan fingerprint density at radius 3 is 2.54 bits per heavy atom. The van der Waals surface area contributed by atoms with E-state index >= 15 is 4.39 Å². The molecule has 2 aromatic heterocycles. The van der Waals surface area contributed by atoms with E-state index in [1.807, 2.05) is 5.38 Å². The molecular weight excluding hydrogens is 592 g/mol. The summed E-state index contributed by atoms with van der Waals surface area (Å²) in [6.45, 7) is 0.0278. The number of halogens is 2. The maximum absolute atomic E-state index is 16.3. The van der Waals surface area contributed by atoms with Gasteiger partial charge in [-0.3, -0.25) is 14.3 Å². The van der Waals surface area contributed by atoms with Gasteiger partial charge in [0.2, 0.25) is 11.6 Å². The number of phosphoric ester groups is 1. The molecule has 0 bridgehead atoms. The first-order chi connectivity index (χ1) is 16.9. The number of alkyl halides is 1. The van der Waals surface area contributed by atoms with Crippen LogP contribution in [0.5, 0.6) is 0 Å². The van der Waals surface area contributed by atoms with Crippen molar-refractivity contribution in [3.05, 3.63) is 22.6 Å². The summed E-state index contributed by atoms with van der Waals surface area (Å²) < 4.78 is 69.6. The highest BCUT2D eigenvalue weighted by atomic mass is 35.5. The minimum absolute atomic E-state index is 0.0238. The standard InChI is InChI=1S/C15H19ClFN4O13P3/c1-7(32-36(27,28)34-37(29,30)33-35(24,25)26)10-9(6-22)15(17,3-4-16)13(31-10)21-5-2-8-11(21)19-14(18)20-12(8)23/h2,5,7,9-10,13,22H,6H2,1H3,(H,27,28)(H,29,30)(H2,24,25,26)(H3,18,19,20,23)/t7-,9?,10-,13-,15?/m1/s1. The van der Waals surface area contributed by atoms with Crippen molar-refractivity contribution in [2.75, 3.05) is 12.3 Å². The number of aromatic nitrogens is 3. The molecule has 0 aliphatic carbocycles. The van der Waals surface area contributed by atoms with Crippen LogP contribution in [0, 0.1) is 17.2 Å². The van der Waals surface area contributed by atoms with E-state index in [0.717, 1.165) is 11.5 Å². The van der Waals surface area contributed by atoms with Gasteiger partial charge in [0.25, 0.3) is 5.56 Å². The predicted octanol–water partition coefficient (Wildman–Crippen LogP) is 0.452. The van der Waals surface area contributed by atoms with Gasteiger partial charge >= 0.3 is 23.5 Å². The molecule has 7 atom stereocenters. The average molecular weight is 611 g/mol. The zero-order valence-electron chi connectivity index (χ0n) is 18.2. The summed E-state index contributed by atoms with van der Waals surface area (Å²) in [5.74, 6) is 0.0844. The molecule has 0 saturated carbocycles. The fourth-order valence-electron chi connectivity index (χ4n) is 3.75. The van der Waals surface area contributed by atoms with Gasteiger partial charge in [-0.25, -0.2) is 18.1 Å². The molecule has 8 N–H and O–H groups in total. The van der Waals surface area contributed by atoms with Gasteiger partial charge in [0.1, 0.15) is 0 Å². The van der Waals surface area contributed by atoms with Gasteiger partial charge in [0.05, 0.1) is 30.1 Å². The van der Waals surface area contributed by atoms with Crippen LogP contribution in [0.25, 0.3) is 11.0 Å². The Labute approximate surface area is 210 Å². The summed E-state index contributed by atoms with van der Waals surface area (Å²) in [5.41, 5.74) is 1.92. The lowest BCUT2D eigenvalue weighted by atomic mass is 9.85. The van der Waals surface area contributed by atoms with E-state index in [1.54, 1.807) is 0 Å². The molecule has 37 heavy (non-hydrogen) atoms. The average Bonchev–Trinajstić information content (AvgIpc) is 3.23. The SMILES string of the molecule is C[C@@H](OP(=O)(O)OP(=O)(O)OP(=O)(O)O)[C@H]1O[C@@H](n2ccc3c(=O)[nH]c(N)nc32)C(F)(C#CCl)C1CO. The molecule has 4 unspecified atom stereocenters. The lowest BCUT2D eigenvalue weighted by molar-refractivity contribution is -0.0710. The van der Waals surface area contributed by atoms with Crippen LogP contribution in [0.15, 0.2) is 17.1 Å². The van der Waals surface area contributed by atoms with E-state index in [-0.39, 0.29) is 17.0 Å². The summed E-state index contributed by atoms with van der Waals surface area (Å²) in [4.78, 5) is 54.8. The third kappa shape index (κ3) is 6.49. The molecule has 1 fully saturated rings. The molecule has 3 heterocycles. The maximum atomic E-state index is 16.3. The number of anilines is 1. The second-order valence-electron chi connectivity index (χ2n) is 7.54. The van der Waals surface area contributed by atoms with Crippen molar-refractivity contribution in [1.29, 1.82) is 0 Å². The summed E-state index contributed by atoms with van der Waals surface area (Å²) in [5, 5.41) is 11.8. The topological polar surface area (TPSA) is 266 Å². The van der Waals surface area contributed by atoms with E-state index in [0.29, 0.717) is 0 Å². The molecule has 1 aliphatic heterocycles. The first kappa shape index (κ1) is 29.9. The number of nitrogens with one attached hydrogen (secondary N) is 1. The Morgan fingerprint density at radius 1 is 1.32 bits per heavy atom. The highest BCUT2D eigenvalue weighted by molar-refractivity contribution is 7.66. The van der Waals surface area contributed by atoms with Crippen LogP contribution in [0.2, 0.25) is 0 Å². The van der Waals surface area contributed by atoms with Crippen LogP contribution in [0.3, 0.4) is 0 Å². The molecule has 0 radical (unpaired) electrons. The fraction of sp³-hybridized carbons (Fsp3) is 0.467. The number of fused-ring (bicyclic) bond motifs is 1. The summed E-state index contributed by atoms with van der Waals surface area (Å²) in [6.07, 6.45) is -3.95. The van der Waals surface area contributed by atoms with Crippen LogP contribution < -0.4 is 11.3 Å². The molecule has 22 heteroatoms. The largest absolute Gasteiger partial charge is 0.490 e. The van der Waals surface area contributed by atoms with E-state index in [4.69, 9.17) is 36.4 Å². The van der Waals surface area contributed by atoms with Gasteiger partial charge in [-0.15, -0.1) is 0 Å². The van der Waals surface area contributed by atoms with Crippen LogP contribution in [0.4, 0.5) is 10.3 Å². The number of aromatic amines is 1. The minimum Gasteiger partial charge on any atom is -0.396 e. The number of hydrogen-bond donors (Lipinski definition) is 7. The minimum atomic E-state index is -5.83. The summed E-state index contributed by atoms with van der Waals surface area (Å²) >= 11 is 5.44. The third-order valence-electron chi connectivity index (χ3n) is 5.05. The van der Waals surface area contributed by atoms with Crippen molar-refractivity contribution in [2.24, 2.45) is 5.92 Å². The Hall–Kier alpha value is -1.67. The third-order valence-corrected chi connectivity index (χ3v) is 9.07. The molecule has 17 nitrogen and oxygen atoms in total. The number of rotatable bonds is 9. The van der Waals surface area contributed by atoms with Crippen molar-refractivity contribution in [1.82, 2.24) is 14.5 Å². The molecule has 0 aromatic carbocycles. The number of aliphatic hydroxyl groups excluding tert-OH is 1. The van der Waals surface area contributed by atoms with Gasteiger partial charge in [-0.2, -0.15) is 13.6 Å². The Kier molecular flexibility index (Phi) is 8.46. The second-order valence-corrected chi connectivity index (χ2v) is 12.1. The van der Waals surface area contributed by atoms with E-state index in [1.165, 1.54) is 12.3 Å². The van der Waals surface area contributed by atoms with Gasteiger partial charge in [0, 0.05) is 11.6 Å². The number of H-pyrrole nitrogens is 1. The molecule has 2 aromatic rings. The van der Waals surface area contributed by atoms with Crippen molar-refractivity contribution in [3.8, 4) is 11.3 Å². The smallest absolute Gasteiger partial charge is 0.396 e. The summed E-state index contributed by atoms with van der Waals surface area (Å²) in [7, 11) is -17.1. The van der Waals surface area contributed by atoms with Gasteiger partial charge in [-0.05, 0) is 30.5 Å². The number of nitrogens with zero attached hydrogens (tertiary/aromatic N) is 2.